The third-order valence-corrected chi connectivity index (χ3v) is 5.10. The van der Waals surface area contributed by atoms with Crippen LogP contribution >= 0.6 is 0 Å². The molecule has 1 amide bonds. The van der Waals surface area contributed by atoms with Crippen LogP contribution in [0.2, 0.25) is 0 Å². The first-order chi connectivity index (χ1) is 12.9. The fourth-order valence-corrected chi connectivity index (χ4v) is 3.28. The van der Waals surface area contributed by atoms with Gasteiger partial charge < -0.3 is 14.8 Å². The van der Waals surface area contributed by atoms with Crippen LogP contribution in [-0.4, -0.2) is 35.1 Å². The molecule has 0 spiro atoms. The largest absolute Gasteiger partial charge is 0.497 e. The van der Waals surface area contributed by atoms with E-state index in [0.717, 1.165) is 5.56 Å². The normalized spacial score (nSPS) is 10.7. The lowest BCUT2D eigenvalue weighted by atomic mass is 10.1. The quantitative estimate of drug-likeness (QED) is 0.669. The SMILES string of the molecule is C#CCNS(=O)(=O)c1cccc(C(=O)NCc2ccc(OC)cc2OC)c1. The van der Waals surface area contributed by atoms with Gasteiger partial charge in [-0.2, -0.15) is 4.72 Å². The Balaban J connectivity index is 2.13. The zero-order chi connectivity index (χ0) is 19.9. The predicted molar refractivity (Wildman–Crippen MR) is 101 cm³/mol. The summed E-state index contributed by atoms with van der Waals surface area (Å²) in [6.45, 7) is 0.0777. The van der Waals surface area contributed by atoms with Gasteiger partial charge in [0.1, 0.15) is 11.5 Å². The van der Waals surface area contributed by atoms with E-state index in [9.17, 15) is 13.2 Å². The standard InChI is InChI=1S/C19H20N2O5S/c1-4-10-21-27(23,24)17-7-5-6-14(11-17)19(22)20-13-15-8-9-16(25-2)12-18(15)26-3/h1,5-9,11-12,21H,10,13H2,2-3H3,(H,20,22). The number of rotatable bonds is 8. The molecule has 0 aliphatic carbocycles. The number of carbonyl (C=O) groups excluding carboxylic acids is 1. The van der Waals surface area contributed by atoms with Crippen LogP contribution in [0.5, 0.6) is 11.5 Å². The Morgan fingerprint density at radius 3 is 2.59 bits per heavy atom. The molecule has 0 aliphatic rings. The number of carbonyl (C=O) groups is 1. The molecule has 0 aliphatic heterocycles. The molecule has 27 heavy (non-hydrogen) atoms. The molecule has 2 aromatic rings. The van der Waals surface area contributed by atoms with Gasteiger partial charge >= 0.3 is 0 Å². The summed E-state index contributed by atoms with van der Waals surface area (Å²) in [5.74, 6) is 2.99. The van der Waals surface area contributed by atoms with Crippen molar-refractivity contribution >= 4 is 15.9 Å². The van der Waals surface area contributed by atoms with E-state index in [2.05, 4.69) is 16.0 Å². The molecule has 8 heteroatoms. The van der Waals surface area contributed by atoms with Crippen LogP contribution in [0.15, 0.2) is 47.4 Å². The van der Waals surface area contributed by atoms with E-state index >= 15 is 0 Å². The molecule has 2 rings (SSSR count). The number of hydrogen-bond donors (Lipinski definition) is 2. The van der Waals surface area contributed by atoms with Gasteiger partial charge in [-0.05, 0) is 30.3 Å². The van der Waals surface area contributed by atoms with E-state index in [-0.39, 0.29) is 23.5 Å². The van der Waals surface area contributed by atoms with E-state index in [1.54, 1.807) is 25.3 Å². The maximum absolute atomic E-state index is 12.4. The molecule has 0 fully saturated rings. The summed E-state index contributed by atoms with van der Waals surface area (Å²) in [7, 11) is -0.694. The Morgan fingerprint density at radius 1 is 1.15 bits per heavy atom. The third kappa shape index (κ3) is 5.23. The predicted octanol–water partition coefficient (Wildman–Crippen LogP) is 1.55. The van der Waals surface area contributed by atoms with Crippen LogP contribution in [0, 0.1) is 12.3 Å². The average Bonchev–Trinajstić information content (AvgIpc) is 2.70. The van der Waals surface area contributed by atoms with E-state index in [1.807, 2.05) is 0 Å². The molecule has 0 aromatic heterocycles. The zero-order valence-corrected chi connectivity index (χ0v) is 15.8. The molecule has 2 aromatic carbocycles. The van der Waals surface area contributed by atoms with E-state index in [4.69, 9.17) is 15.9 Å². The van der Waals surface area contributed by atoms with Crippen LogP contribution in [0.25, 0.3) is 0 Å². The fraction of sp³-hybridized carbons (Fsp3) is 0.211. The van der Waals surface area contributed by atoms with Crippen LogP contribution in [0.3, 0.4) is 0 Å². The maximum Gasteiger partial charge on any atom is 0.251 e. The molecule has 0 unspecified atom stereocenters. The first-order valence-electron chi connectivity index (χ1n) is 7.93. The van der Waals surface area contributed by atoms with Gasteiger partial charge in [-0.1, -0.05) is 12.0 Å². The van der Waals surface area contributed by atoms with Crippen LogP contribution in [0.1, 0.15) is 15.9 Å². The van der Waals surface area contributed by atoms with Crippen molar-refractivity contribution in [2.45, 2.75) is 11.4 Å². The number of hydrogen-bond acceptors (Lipinski definition) is 5. The summed E-state index contributed by atoms with van der Waals surface area (Å²) >= 11 is 0. The van der Waals surface area contributed by atoms with Crippen molar-refractivity contribution in [1.82, 2.24) is 10.0 Å². The number of amides is 1. The lowest BCUT2D eigenvalue weighted by Gasteiger charge is -2.12. The van der Waals surface area contributed by atoms with Crippen molar-refractivity contribution in [2.75, 3.05) is 20.8 Å². The van der Waals surface area contributed by atoms with Gasteiger partial charge in [0, 0.05) is 23.7 Å². The van der Waals surface area contributed by atoms with Gasteiger partial charge in [-0.15, -0.1) is 6.42 Å². The summed E-state index contributed by atoms with van der Waals surface area (Å²) in [6.07, 6.45) is 5.07. The van der Waals surface area contributed by atoms with Gasteiger partial charge in [-0.25, -0.2) is 8.42 Å². The van der Waals surface area contributed by atoms with E-state index in [1.165, 1.54) is 31.4 Å². The minimum Gasteiger partial charge on any atom is -0.497 e. The summed E-state index contributed by atoms with van der Waals surface area (Å²) in [5.41, 5.74) is 0.970. The molecule has 7 nitrogen and oxygen atoms in total. The summed E-state index contributed by atoms with van der Waals surface area (Å²) in [6, 6.07) is 11.0. The monoisotopic (exact) mass is 388 g/mol. The zero-order valence-electron chi connectivity index (χ0n) is 15.0. The number of benzene rings is 2. The fourth-order valence-electron chi connectivity index (χ4n) is 2.30. The summed E-state index contributed by atoms with van der Waals surface area (Å²) in [5, 5.41) is 2.74. The lowest BCUT2D eigenvalue weighted by Crippen LogP contribution is -2.26. The van der Waals surface area contributed by atoms with Crippen molar-refractivity contribution in [3.05, 3.63) is 53.6 Å². The Kier molecular flexibility index (Phi) is 6.82. The number of methoxy groups -OCH3 is 2. The molecule has 0 radical (unpaired) electrons. The van der Waals surface area contributed by atoms with Gasteiger partial charge in [-0.3, -0.25) is 4.79 Å². The molecule has 0 heterocycles. The highest BCUT2D eigenvalue weighted by molar-refractivity contribution is 7.89. The van der Waals surface area contributed by atoms with Crippen molar-refractivity contribution in [3.63, 3.8) is 0 Å². The van der Waals surface area contributed by atoms with Gasteiger partial charge in [0.15, 0.2) is 0 Å². The lowest BCUT2D eigenvalue weighted by molar-refractivity contribution is 0.0950. The van der Waals surface area contributed by atoms with Crippen LogP contribution in [-0.2, 0) is 16.6 Å². The summed E-state index contributed by atoms with van der Waals surface area (Å²) in [4.78, 5) is 12.4. The number of sulfonamides is 1. The van der Waals surface area contributed by atoms with Gasteiger partial charge in [0.25, 0.3) is 5.91 Å². The second-order valence-electron chi connectivity index (χ2n) is 5.42. The first-order valence-corrected chi connectivity index (χ1v) is 9.42. The smallest absolute Gasteiger partial charge is 0.251 e. The number of ether oxygens (including phenoxy) is 2. The Bertz CT molecular complexity index is 964. The van der Waals surface area contributed by atoms with Crippen molar-refractivity contribution in [1.29, 1.82) is 0 Å². The van der Waals surface area contributed by atoms with E-state index < -0.39 is 15.9 Å². The summed E-state index contributed by atoms with van der Waals surface area (Å²) < 4.78 is 36.9. The maximum atomic E-state index is 12.4. The van der Waals surface area contributed by atoms with Crippen molar-refractivity contribution in [3.8, 4) is 23.8 Å². The second-order valence-corrected chi connectivity index (χ2v) is 7.18. The van der Waals surface area contributed by atoms with Gasteiger partial charge in [0.05, 0.1) is 25.7 Å². The number of nitrogens with one attached hydrogen (secondary N) is 2. The molecular weight excluding hydrogens is 368 g/mol. The van der Waals surface area contributed by atoms with Crippen LogP contribution in [0.4, 0.5) is 0 Å². The Labute approximate surface area is 158 Å². The van der Waals surface area contributed by atoms with Crippen LogP contribution < -0.4 is 19.5 Å². The van der Waals surface area contributed by atoms with Gasteiger partial charge in [0.2, 0.25) is 10.0 Å². The molecule has 0 atom stereocenters. The van der Waals surface area contributed by atoms with E-state index in [0.29, 0.717) is 11.5 Å². The molecule has 0 saturated carbocycles. The minimum atomic E-state index is -3.77. The topological polar surface area (TPSA) is 93.7 Å². The first kappa shape index (κ1) is 20.3. The molecule has 142 valence electrons. The Hall–Kier alpha value is -3.02. The Morgan fingerprint density at radius 2 is 1.93 bits per heavy atom. The second kappa shape index (κ2) is 9.07. The highest BCUT2D eigenvalue weighted by Gasteiger charge is 2.16. The number of terminal acetylenes is 1. The highest BCUT2D eigenvalue weighted by Crippen LogP contribution is 2.24. The van der Waals surface area contributed by atoms with Crippen molar-refractivity contribution < 1.29 is 22.7 Å². The molecule has 0 saturated heterocycles. The molecular formula is C19H20N2O5S. The minimum absolute atomic E-state index is 0.0348. The highest BCUT2D eigenvalue weighted by atomic mass is 32.2. The third-order valence-electron chi connectivity index (χ3n) is 3.70. The average molecular weight is 388 g/mol. The molecule has 0 bridgehead atoms. The molecule has 2 N–H and O–H groups in total. The van der Waals surface area contributed by atoms with Crippen molar-refractivity contribution in [2.24, 2.45) is 0 Å².